The molecule has 0 radical (unpaired) electrons. The van der Waals surface area contributed by atoms with Gasteiger partial charge in [-0.2, -0.15) is 0 Å². The van der Waals surface area contributed by atoms with Gasteiger partial charge in [0.1, 0.15) is 5.88 Å². The zero-order valence-corrected chi connectivity index (χ0v) is 58.9. The molecule has 0 bridgehead atoms. The Kier molecular flexibility index (Phi) is 57.9. The van der Waals surface area contributed by atoms with Gasteiger partial charge in [-0.25, -0.2) is 0 Å². The van der Waals surface area contributed by atoms with Crippen molar-refractivity contribution in [2.45, 2.75) is 105 Å². The number of amides is 8. The van der Waals surface area contributed by atoms with Gasteiger partial charge in [-0.3, -0.25) is 67.8 Å². The third kappa shape index (κ3) is 46.7. The number of primary amides is 2. The second-order valence-electron chi connectivity index (χ2n) is 20.4. The summed E-state index contributed by atoms with van der Waals surface area (Å²) in [6.45, 7) is 29.0. The van der Waals surface area contributed by atoms with Gasteiger partial charge in [-0.05, 0) is 106 Å². The summed E-state index contributed by atoms with van der Waals surface area (Å²) in [7, 11) is -5.33. The maximum Gasteiger partial charge on any atom is 0.500 e. The highest BCUT2D eigenvalue weighted by Gasteiger charge is 2.40. The topological polar surface area (TPSA) is 360 Å². The van der Waals surface area contributed by atoms with Crippen molar-refractivity contribution in [2.24, 2.45) is 11.5 Å². The first kappa shape index (κ1) is 86.7. The number of carbonyl (C=O) groups is 8. The molecular weight excluding hydrogens is 1320 g/mol. The number of nitrogens with two attached hydrogens (primary N) is 2. The fraction of sp³-hybridized carbons (Fsp3) is 0.852. The molecule has 2 fully saturated rings. The van der Waals surface area contributed by atoms with Gasteiger partial charge in [0, 0.05) is 149 Å². The number of halogens is 2. The van der Waals surface area contributed by atoms with Crippen molar-refractivity contribution in [2.75, 3.05) is 197 Å². The summed E-state index contributed by atoms with van der Waals surface area (Å²) >= 11 is 5.39. The lowest BCUT2D eigenvalue weighted by atomic mass is 10.1. The second kappa shape index (κ2) is 58.7. The number of hydrogen-bond donors (Lipinski definition) is 10. The summed E-state index contributed by atoms with van der Waals surface area (Å²) in [5.41, 5.74) is 10.9. The summed E-state index contributed by atoms with van der Waals surface area (Å²) in [6, 6.07) is 1.12. The summed E-state index contributed by atoms with van der Waals surface area (Å²) < 4.78 is 34.8. The van der Waals surface area contributed by atoms with Crippen LogP contribution >= 0.6 is 35.6 Å². The van der Waals surface area contributed by atoms with Gasteiger partial charge in [0.2, 0.25) is 49.3 Å². The van der Waals surface area contributed by atoms with E-state index in [1.807, 2.05) is 46.4 Å². The molecular formula is C54H114ClIN16O14Si2. The molecule has 0 saturated carbocycles. The number of nitrogens with one attached hydrogen (secondary N) is 8. The fourth-order valence-electron chi connectivity index (χ4n) is 9.61. The highest BCUT2D eigenvalue weighted by molar-refractivity contribution is 14.0. The molecule has 1 unspecified atom stereocenters. The number of rotatable bonds is 39. The van der Waals surface area contributed by atoms with Crippen LogP contribution in [-0.2, 0) is 64.9 Å². The number of alkyl halides is 1. The number of nitrogens with zero attached hydrogens (tertiary/aromatic N) is 6. The van der Waals surface area contributed by atoms with Crippen molar-refractivity contribution in [1.29, 1.82) is 0 Å². The lowest BCUT2D eigenvalue weighted by Gasteiger charge is -2.31. The second-order valence-corrected chi connectivity index (χ2v) is 26.1. The largest absolute Gasteiger partial charge is 0.500 e. The van der Waals surface area contributed by atoms with E-state index in [4.69, 9.17) is 49.6 Å². The summed E-state index contributed by atoms with van der Waals surface area (Å²) in [5.74, 6) is -0.993. The molecule has 2 aliphatic heterocycles. The van der Waals surface area contributed by atoms with Crippen molar-refractivity contribution in [1.82, 2.24) is 71.9 Å². The Bertz CT molecular complexity index is 1770. The molecule has 12 N–H and O–H groups in total. The standard InChI is InChI=1S/C27H56N8O7Si.C16H33N7O3.C11H24ClNO4Si.HI/c1-4-40-43(41-5-2,42-6-3)17-8-11-32-27(39)18-25-19-35(20-26(28)38)14-9-13-34(22-30-24-37)16-15-33(21-29-23-36)12-7-10-31-25;17-16(26)11-21-6-2-7-23(13-20-15-25)10-9-22(12-19-14-24)5-1-3-18-4-8-21;1-4-15-18(16-5-2,17-6-3)9-7-8-13-11(14)10-12;/h23-25,31H,4-22H2,1-3H3,(H2,28,38)(H,29,36)(H,30,37)(H,32,39);14-15,18H,1-13H2,(H2,17,26)(H,19,24)(H,20,25);4-10H2,1-3H3,(H,13,14);1H. The molecule has 1 atom stereocenters. The van der Waals surface area contributed by atoms with Crippen LogP contribution in [-0.4, -0.2) is 299 Å². The van der Waals surface area contributed by atoms with Crippen LogP contribution < -0.4 is 54.0 Å². The molecule has 8 amide bonds. The van der Waals surface area contributed by atoms with Gasteiger partial charge < -0.3 is 80.6 Å². The van der Waals surface area contributed by atoms with Crippen LogP contribution in [0.4, 0.5) is 0 Å². The molecule has 0 aromatic carbocycles. The van der Waals surface area contributed by atoms with E-state index in [0.29, 0.717) is 163 Å². The van der Waals surface area contributed by atoms with E-state index >= 15 is 0 Å². The SMILES string of the molecule is CCO[Si](CCCNC(=O)CC1CN(CC(N)=O)CCCN(CNC=O)CCN(CNC=O)CCCN1)(OCC)OCC.CCO[Si](CCCNC(=O)CCl)(OCC)OCC.I.NC(=O)CN1CCCN(CNC=O)CCN(CNC=O)CCCNCC1. The van der Waals surface area contributed by atoms with Gasteiger partial charge in [-0.1, -0.05) is 0 Å². The molecule has 2 saturated heterocycles. The summed E-state index contributed by atoms with van der Waals surface area (Å²) in [6.07, 6.45) is 7.81. The maximum absolute atomic E-state index is 13.0. The first-order chi connectivity index (χ1) is 42.1. The van der Waals surface area contributed by atoms with Crippen LogP contribution in [0.25, 0.3) is 0 Å². The molecule has 2 aliphatic rings. The smallest absolute Gasteiger partial charge is 0.374 e. The van der Waals surface area contributed by atoms with Crippen LogP contribution in [0.15, 0.2) is 0 Å². The molecule has 2 heterocycles. The predicted octanol–water partition coefficient (Wildman–Crippen LogP) is -1.95. The minimum absolute atomic E-state index is 0. The molecule has 2 rings (SSSR count). The minimum Gasteiger partial charge on any atom is -0.374 e. The average Bonchev–Trinajstić information content (AvgIpc) is 3.56. The minimum atomic E-state index is -2.77. The molecule has 30 nitrogen and oxygen atoms in total. The van der Waals surface area contributed by atoms with Crippen molar-refractivity contribution in [3.63, 3.8) is 0 Å². The molecule has 0 aliphatic carbocycles. The zero-order chi connectivity index (χ0) is 64.7. The molecule has 34 heteroatoms. The molecule has 0 aromatic rings. The molecule has 0 aromatic heterocycles. The quantitative estimate of drug-likeness (QED) is 0.0105. The lowest BCUT2D eigenvalue weighted by Crippen LogP contribution is -2.49. The van der Waals surface area contributed by atoms with Gasteiger partial charge in [0.15, 0.2) is 0 Å². The highest BCUT2D eigenvalue weighted by atomic mass is 127. The molecule has 88 heavy (non-hydrogen) atoms. The summed E-state index contributed by atoms with van der Waals surface area (Å²) in [5, 5.41) is 23.5. The zero-order valence-electron chi connectivity index (χ0n) is 53.8. The van der Waals surface area contributed by atoms with E-state index in [1.165, 1.54) is 0 Å². The normalized spacial score (nSPS) is 17.5. The number of hydrogen-bond acceptors (Lipinski definition) is 22. The third-order valence-corrected chi connectivity index (χ3v) is 20.0. The fourth-order valence-corrected chi connectivity index (χ4v) is 14.9. The Hall–Kier alpha value is -3.35. The van der Waals surface area contributed by atoms with E-state index in [-0.39, 0.29) is 73.1 Å². The molecule has 516 valence electrons. The first-order valence-electron chi connectivity index (χ1n) is 31.1. The predicted molar refractivity (Wildman–Crippen MR) is 354 cm³/mol. The van der Waals surface area contributed by atoms with Crippen molar-refractivity contribution in [3.05, 3.63) is 0 Å². The van der Waals surface area contributed by atoms with Crippen LogP contribution in [0, 0.1) is 0 Å². The Morgan fingerprint density at radius 1 is 0.489 bits per heavy atom. The Balaban J connectivity index is 0. The van der Waals surface area contributed by atoms with E-state index in [1.54, 1.807) is 0 Å². The van der Waals surface area contributed by atoms with E-state index in [9.17, 15) is 38.4 Å². The van der Waals surface area contributed by atoms with Gasteiger partial charge >= 0.3 is 17.6 Å². The molecule has 0 spiro atoms. The van der Waals surface area contributed by atoms with Crippen molar-refractivity contribution in [3.8, 4) is 0 Å². The Morgan fingerprint density at radius 3 is 1.22 bits per heavy atom. The van der Waals surface area contributed by atoms with E-state index in [2.05, 4.69) is 67.0 Å². The van der Waals surface area contributed by atoms with Gasteiger partial charge in [-0.15, -0.1) is 35.6 Å². The summed E-state index contributed by atoms with van der Waals surface area (Å²) in [4.78, 5) is 103. The van der Waals surface area contributed by atoms with Crippen LogP contribution in [0.1, 0.15) is 86.5 Å². The monoisotopic (exact) mass is 1430 g/mol. The number of carbonyl (C=O) groups excluding carboxylic acids is 8. The highest BCUT2D eigenvalue weighted by Crippen LogP contribution is 2.19. The van der Waals surface area contributed by atoms with Crippen LogP contribution in [0.2, 0.25) is 12.1 Å². The third-order valence-electron chi connectivity index (χ3n) is 13.4. The Morgan fingerprint density at radius 2 is 0.841 bits per heavy atom. The van der Waals surface area contributed by atoms with Crippen molar-refractivity contribution < 1.29 is 64.9 Å². The lowest BCUT2D eigenvalue weighted by molar-refractivity contribution is -0.122. The first-order valence-corrected chi connectivity index (χ1v) is 35.5. The maximum atomic E-state index is 13.0. The van der Waals surface area contributed by atoms with Gasteiger partial charge in [0.25, 0.3) is 0 Å². The Labute approximate surface area is 549 Å². The van der Waals surface area contributed by atoms with Crippen LogP contribution in [0.5, 0.6) is 0 Å². The average molecular weight is 1430 g/mol. The van der Waals surface area contributed by atoms with Crippen molar-refractivity contribution >= 4 is 102 Å². The van der Waals surface area contributed by atoms with E-state index < -0.39 is 23.5 Å². The van der Waals surface area contributed by atoms with Gasteiger partial charge in [0.05, 0.1) is 39.8 Å². The van der Waals surface area contributed by atoms with E-state index in [0.717, 1.165) is 91.0 Å². The van der Waals surface area contributed by atoms with Crippen LogP contribution in [0.3, 0.4) is 0 Å².